The molecule has 0 saturated carbocycles. The van der Waals surface area contributed by atoms with Crippen molar-refractivity contribution in [1.29, 1.82) is 0 Å². The number of phenolic OH excluding ortho intramolecular Hbond substituents is 1. The van der Waals surface area contributed by atoms with E-state index >= 15 is 0 Å². The molecule has 1 aromatic carbocycles. The Labute approximate surface area is 211 Å². The molecule has 33 heavy (non-hydrogen) atoms. The quantitative estimate of drug-likeness (QED) is 0.125. The average Bonchev–Trinajstić information content (AvgIpc) is 2.82. The van der Waals surface area contributed by atoms with Crippen LogP contribution >= 0.6 is 11.8 Å². The summed E-state index contributed by atoms with van der Waals surface area (Å²) in [5.41, 5.74) is 2.52. The van der Waals surface area contributed by atoms with Crippen LogP contribution < -0.4 is 0 Å². The second kappa shape index (κ2) is 21.9. The molecular weight excluding hydrogens is 420 g/mol. The van der Waals surface area contributed by atoms with Crippen LogP contribution in [0, 0.1) is 6.92 Å². The van der Waals surface area contributed by atoms with Gasteiger partial charge in [-0.15, -0.1) is 11.8 Å². The molecule has 1 rings (SSSR count). The number of hydrogen-bond acceptors (Lipinski definition) is 2. The van der Waals surface area contributed by atoms with Crippen molar-refractivity contribution < 1.29 is 5.11 Å². The fourth-order valence-electron chi connectivity index (χ4n) is 4.73. The normalized spacial score (nSPS) is 11.4. The Morgan fingerprint density at radius 1 is 0.576 bits per heavy atom. The van der Waals surface area contributed by atoms with Gasteiger partial charge in [0.2, 0.25) is 0 Å². The Morgan fingerprint density at radius 2 is 1.00 bits per heavy atom. The highest BCUT2D eigenvalue weighted by atomic mass is 32.2. The SMILES string of the molecule is CCCCCCCCCCCCSc1ccc(O)c(C)c1CCCCCCCCCCCC. The van der Waals surface area contributed by atoms with Crippen molar-refractivity contribution in [3.05, 3.63) is 23.3 Å². The predicted molar refractivity (Wildman–Crippen MR) is 151 cm³/mol. The largest absolute Gasteiger partial charge is 0.508 e. The molecule has 0 aliphatic carbocycles. The highest BCUT2D eigenvalue weighted by Gasteiger charge is 2.10. The van der Waals surface area contributed by atoms with Gasteiger partial charge in [-0.3, -0.25) is 0 Å². The molecule has 192 valence electrons. The van der Waals surface area contributed by atoms with E-state index in [-0.39, 0.29) is 0 Å². The summed E-state index contributed by atoms with van der Waals surface area (Å²) in [5, 5.41) is 10.2. The first-order chi connectivity index (χ1) is 16.2. The van der Waals surface area contributed by atoms with Gasteiger partial charge in [0.15, 0.2) is 0 Å². The van der Waals surface area contributed by atoms with E-state index in [4.69, 9.17) is 0 Å². The summed E-state index contributed by atoms with van der Waals surface area (Å²) in [6.07, 6.45) is 28.9. The highest BCUT2D eigenvalue weighted by molar-refractivity contribution is 7.99. The van der Waals surface area contributed by atoms with Crippen molar-refractivity contribution in [3.63, 3.8) is 0 Å². The Kier molecular flexibility index (Phi) is 20.2. The number of aromatic hydroxyl groups is 1. The van der Waals surface area contributed by atoms with E-state index in [0.29, 0.717) is 5.75 Å². The lowest BCUT2D eigenvalue weighted by Crippen LogP contribution is -1.95. The maximum atomic E-state index is 10.2. The van der Waals surface area contributed by atoms with E-state index in [0.717, 1.165) is 12.0 Å². The Bertz CT molecular complexity index is 568. The number of thioether (sulfide) groups is 1. The molecule has 0 spiro atoms. The summed E-state index contributed by atoms with van der Waals surface area (Å²) in [5.74, 6) is 1.69. The van der Waals surface area contributed by atoms with Gasteiger partial charge in [-0.2, -0.15) is 0 Å². The first-order valence-electron chi connectivity index (χ1n) is 14.6. The number of phenols is 1. The van der Waals surface area contributed by atoms with Gasteiger partial charge in [-0.25, -0.2) is 0 Å². The third kappa shape index (κ3) is 15.8. The van der Waals surface area contributed by atoms with Crippen molar-refractivity contribution in [2.45, 2.75) is 161 Å². The molecule has 0 fully saturated rings. The van der Waals surface area contributed by atoms with Crippen molar-refractivity contribution in [1.82, 2.24) is 0 Å². The summed E-state index contributed by atoms with van der Waals surface area (Å²) in [4.78, 5) is 1.41. The van der Waals surface area contributed by atoms with Crippen LogP contribution in [0.15, 0.2) is 17.0 Å². The molecule has 1 aromatic rings. The number of benzene rings is 1. The lowest BCUT2D eigenvalue weighted by Gasteiger charge is -2.14. The fraction of sp³-hybridized carbons (Fsp3) is 0.806. The first-order valence-corrected chi connectivity index (χ1v) is 15.6. The minimum atomic E-state index is 0.473. The molecule has 2 heteroatoms. The van der Waals surface area contributed by atoms with Gasteiger partial charge in [0.1, 0.15) is 5.75 Å². The average molecular weight is 477 g/mol. The minimum Gasteiger partial charge on any atom is -0.508 e. The summed E-state index contributed by atoms with van der Waals surface area (Å²) in [6.45, 7) is 6.68. The van der Waals surface area contributed by atoms with Gasteiger partial charge in [0.05, 0.1) is 0 Å². The zero-order valence-electron chi connectivity index (χ0n) is 22.6. The molecule has 0 aromatic heterocycles. The second-order valence-electron chi connectivity index (χ2n) is 10.1. The van der Waals surface area contributed by atoms with Crippen molar-refractivity contribution in [2.75, 3.05) is 5.75 Å². The lowest BCUT2D eigenvalue weighted by molar-refractivity contribution is 0.469. The Morgan fingerprint density at radius 3 is 1.48 bits per heavy atom. The van der Waals surface area contributed by atoms with Crippen LogP contribution in [0.1, 0.15) is 153 Å². The molecule has 0 aliphatic rings. The number of unbranched alkanes of at least 4 members (excludes halogenated alkanes) is 18. The molecule has 1 nitrogen and oxygen atoms in total. The smallest absolute Gasteiger partial charge is 0.118 e. The van der Waals surface area contributed by atoms with Crippen LogP contribution in [-0.2, 0) is 6.42 Å². The molecule has 0 aliphatic heterocycles. The predicted octanol–water partition coefficient (Wildman–Crippen LogP) is 11.2. The Balaban J connectivity index is 2.18. The van der Waals surface area contributed by atoms with E-state index in [2.05, 4.69) is 26.8 Å². The fourth-order valence-corrected chi connectivity index (χ4v) is 5.89. The van der Waals surface area contributed by atoms with Crippen molar-refractivity contribution >= 4 is 11.8 Å². The number of hydrogen-bond donors (Lipinski definition) is 1. The second-order valence-corrected chi connectivity index (χ2v) is 11.3. The van der Waals surface area contributed by atoms with Gasteiger partial charge in [-0.05, 0) is 55.2 Å². The van der Waals surface area contributed by atoms with E-state index in [1.54, 1.807) is 0 Å². The standard InChI is InChI=1S/C31H56OS/c1-4-6-8-10-12-14-16-18-20-22-24-29-28(3)30(32)25-26-31(29)33-27-23-21-19-17-15-13-11-9-7-5-2/h25-26,32H,4-24,27H2,1-3H3. The molecule has 0 heterocycles. The summed E-state index contributed by atoms with van der Waals surface area (Å²) in [6, 6.07) is 4.06. The van der Waals surface area contributed by atoms with Crippen LogP contribution in [0.4, 0.5) is 0 Å². The van der Waals surface area contributed by atoms with Crippen LogP contribution in [0.2, 0.25) is 0 Å². The molecule has 0 amide bonds. The van der Waals surface area contributed by atoms with E-state index in [9.17, 15) is 5.11 Å². The van der Waals surface area contributed by atoms with Crippen LogP contribution in [0.25, 0.3) is 0 Å². The van der Waals surface area contributed by atoms with Crippen LogP contribution in [-0.4, -0.2) is 10.9 Å². The number of rotatable bonds is 23. The first kappa shape index (κ1) is 30.4. The third-order valence-corrected chi connectivity index (χ3v) is 8.25. The highest BCUT2D eigenvalue weighted by Crippen LogP contribution is 2.32. The molecule has 0 atom stereocenters. The zero-order valence-corrected chi connectivity index (χ0v) is 23.4. The molecule has 1 N–H and O–H groups in total. The molecular formula is C31H56OS. The maximum absolute atomic E-state index is 10.2. The van der Waals surface area contributed by atoms with Gasteiger partial charge in [-0.1, -0.05) is 129 Å². The summed E-state index contributed by atoms with van der Waals surface area (Å²) in [7, 11) is 0. The molecule has 0 bridgehead atoms. The van der Waals surface area contributed by atoms with Gasteiger partial charge in [0, 0.05) is 4.90 Å². The minimum absolute atomic E-state index is 0.473. The summed E-state index contributed by atoms with van der Waals surface area (Å²) >= 11 is 2.02. The van der Waals surface area contributed by atoms with Crippen molar-refractivity contribution in [3.8, 4) is 5.75 Å². The van der Waals surface area contributed by atoms with Gasteiger partial charge >= 0.3 is 0 Å². The zero-order chi connectivity index (χ0) is 24.0. The monoisotopic (exact) mass is 476 g/mol. The Hall–Kier alpha value is -0.630. The summed E-state index contributed by atoms with van der Waals surface area (Å²) < 4.78 is 0. The third-order valence-electron chi connectivity index (χ3n) is 7.06. The van der Waals surface area contributed by atoms with Gasteiger partial charge in [0.25, 0.3) is 0 Å². The van der Waals surface area contributed by atoms with E-state index < -0.39 is 0 Å². The maximum Gasteiger partial charge on any atom is 0.118 e. The van der Waals surface area contributed by atoms with E-state index in [1.807, 2.05) is 17.8 Å². The van der Waals surface area contributed by atoms with Crippen LogP contribution in [0.5, 0.6) is 5.75 Å². The van der Waals surface area contributed by atoms with Gasteiger partial charge < -0.3 is 5.11 Å². The topological polar surface area (TPSA) is 20.2 Å². The molecule has 0 radical (unpaired) electrons. The molecule has 0 unspecified atom stereocenters. The van der Waals surface area contributed by atoms with Crippen molar-refractivity contribution in [2.24, 2.45) is 0 Å². The van der Waals surface area contributed by atoms with E-state index in [1.165, 1.54) is 145 Å². The molecule has 0 saturated heterocycles. The lowest BCUT2D eigenvalue weighted by atomic mass is 10.00. The van der Waals surface area contributed by atoms with Crippen LogP contribution in [0.3, 0.4) is 0 Å².